The number of hydrogen-bond acceptors (Lipinski definition) is 2. The van der Waals surface area contributed by atoms with Crippen LogP contribution in [0.25, 0.3) is 21.8 Å². The third-order valence-corrected chi connectivity index (χ3v) is 3.90. The molecule has 3 nitrogen and oxygen atoms in total. The van der Waals surface area contributed by atoms with Crippen molar-refractivity contribution in [3.8, 4) is 5.75 Å². The molecule has 2 aromatic carbocycles. The molecule has 0 spiro atoms. The zero-order valence-corrected chi connectivity index (χ0v) is 12.4. The van der Waals surface area contributed by atoms with Crippen LogP contribution in [0.15, 0.2) is 36.4 Å². The van der Waals surface area contributed by atoms with Gasteiger partial charge >= 0.3 is 0 Å². The molecule has 0 aliphatic rings. The third kappa shape index (κ3) is 2.19. The first kappa shape index (κ1) is 13.7. The summed E-state index contributed by atoms with van der Waals surface area (Å²) in [4.78, 5) is 10.8. The number of methoxy groups -OCH3 is 1. The first-order chi connectivity index (χ1) is 10.3. The van der Waals surface area contributed by atoms with Gasteiger partial charge in [0, 0.05) is 29.3 Å². The molecule has 0 bridgehead atoms. The van der Waals surface area contributed by atoms with E-state index in [0.717, 1.165) is 41.3 Å². The molecular weight excluding hydrogens is 262 g/mol. The lowest BCUT2D eigenvalue weighted by Gasteiger charge is -2.06. The number of aryl methyl sites for hydroxylation is 1. The summed E-state index contributed by atoms with van der Waals surface area (Å²) in [7, 11) is 1.70. The Morgan fingerprint density at radius 3 is 2.76 bits per heavy atom. The van der Waals surface area contributed by atoms with Crippen LogP contribution in [0.5, 0.6) is 5.75 Å². The Kier molecular flexibility index (Phi) is 3.65. The lowest BCUT2D eigenvalue weighted by atomic mass is 10.1. The van der Waals surface area contributed by atoms with E-state index >= 15 is 0 Å². The molecule has 0 saturated heterocycles. The molecule has 1 heterocycles. The Morgan fingerprint density at radius 1 is 1.19 bits per heavy atom. The van der Waals surface area contributed by atoms with Gasteiger partial charge in [0.05, 0.1) is 12.6 Å². The van der Waals surface area contributed by atoms with Crippen molar-refractivity contribution < 1.29 is 9.53 Å². The zero-order valence-electron chi connectivity index (χ0n) is 12.4. The maximum atomic E-state index is 10.8. The van der Waals surface area contributed by atoms with Crippen LogP contribution < -0.4 is 4.74 Å². The van der Waals surface area contributed by atoms with Crippen LogP contribution in [0.2, 0.25) is 0 Å². The highest BCUT2D eigenvalue weighted by molar-refractivity contribution is 6.11. The quantitative estimate of drug-likeness (QED) is 0.663. The molecule has 3 heteroatoms. The molecule has 108 valence electrons. The van der Waals surface area contributed by atoms with Crippen LogP contribution in [0.1, 0.15) is 18.9 Å². The minimum Gasteiger partial charge on any atom is -0.496 e. The van der Waals surface area contributed by atoms with Crippen LogP contribution in [-0.2, 0) is 17.8 Å². The van der Waals surface area contributed by atoms with Crippen molar-refractivity contribution in [1.29, 1.82) is 0 Å². The Hall–Kier alpha value is -2.29. The fourth-order valence-electron chi connectivity index (χ4n) is 3.02. The first-order valence-electron chi connectivity index (χ1n) is 7.31. The van der Waals surface area contributed by atoms with E-state index < -0.39 is 0 Å². The van der Waals surface area contributed by atoms with Gasteiger partial charge in [0.25, 0.3) is 0 Å². The average Bonchev–Trinajstić information content (AvgIpc) is 2.82. The van der Waals surface area contributed by atoms with E-state index in [1.165, 1.54) is 11.0 Å². The molecule has 0 N–H and O–H groups in total. The Labute approximate surface area is 124 Å². The average molecular weight is 281 g/mol. The Balaban J connectivity index is 2.40. The van der Waals surface area contributed by atoms with Gasteiger partial charge in [-0.15, -0.1) is 0 Å². The standard InChI is InChI=1S/C18H19NO2/c1-3-10-19-15-8-7-13(9-11-20)12-14(15)18-16(19)5-4-6-17(18)21-2/h4-8,11-12H,3,9-10H2,1-2H3. The van der Waals surface area contributed by atoms with Crippen molar-refractivity contribution in [1.82, 2.24) is 4.57 Å². The highest BCUT2D eigenvalue weighted by Crippen LogP contribution is 2.36. The van der Waals surface area contributed by atoms with Crippen molar-refractivity contribution >= 4 is 28.1 Å². The molecule has 3 rings (SSSR count). The molecule has 0 atom stereocenters. The van der Waals surface area contributed by atoms with Gasteiger partial charge in [-0.2, -0.15) is 0 Å². The van der Waals surface area contributed by atoms with E-state index in [-0.39, 0.29) is 0 Å². The highest BCUT2D eigenvalue weighted by Gasteiger charge is 2.14. The van der Waals surface area contributed by atoms with Crippen LogP contribution in [0.4, 0.5) is 0 Å². The number of aromatic nitrogens is 1. The zero-order chi connectivity index (χ0) is 14.8. The summed E-state index contributed by atoms with van der Waals surface area (Å²) in [5.74, 6) is 0.885. The number of carbonyl (C=O) groups is 1. The number of hydrogen-bond donors (Lipinski definition) is 0. The summed E-state index contributed by atoms with van der Waals surface area (Å²) in [5.41, 5.74) is 3.43. The number of aldehydes is 1. The second-order valence-electron chi connectivity index (χ2n) is 5.23. The predicted octanol–water partition coefficient (Wildman–Crippen LogP) is 3.95. The van der Waals surface area contributed by atoms with Crippen LogP contribution in [-0.4, -0.2) is 18.0 Å². The molecule has 0 unspecified atom stereocenters. The largest absolute Gasteiger partial charge is 0.496 e. The summed E-state index contributed by atoms with van der Waals surface area (Å²) < 4.78 is 7.88. The van der Waals surface area contributed by atoms with Gasteiger partial charge in [-0.25, -0.2) is 0 Å². The fourth-order valence-corrected chi connectivity index (χ4v) is 3.02. The summed E-state index contributed by atoms with van der Waals surface area (Å²) in [5, 5.41) is 2.30. The molecular formula is C18H19NO2. The van der Waals surface area contributed by atoms with Gasteiger partial charge in [-0.3, -0.25) is 0 Å². The van der Waals surface area contributed by atoms with Gasteiger partial charge in [0.2, 0.25) is 0 Å². The SMILES string of the molecule is CCCn1c2ccc(CC=O)cc2c2c(OC)cccc21. The number of rotatable bonds is 5. The molecule has 0 aliphatic heterocycles. The van der Waals surface area contributed by atoms with E-state index in [1.54, 1.807) is 7.11 Å². The Bertz CT molecular complexity index is 802. The van der Waals surface area contributed by atoms with E-state index in [2.05, 4.69) is 29.7 Å². The van der Waals surface area contributed by atoms with Crippen molar-refractivity contribution in [2.45, 2.75) is 26.3 Å². The molecule has 0 aliphatic carbocycles. The third-order valence-electron chi connectivity index (χ3n) is 3.90. The topological polar surface area (TPSA) is 31.2 Å². The molecule has 0 amide bonds. The Morgan fingerprint density at radius 2 is 2.05 bits per heavy atom. The summed E-state index contributed by atoms with van der Waals surface area (Å²) >= 11 is 0. The smallest absolute Gasteiger partial charge is 0.128 e. The van der Waals surface area contributed by atoms with Crippen LogP contribution in [0.3, 0.4) is 0 Å². The molecule has 1 aromatic heterocycles. The van der Waals surface area contributed by atoms with Gasteiger partial charge in [-0.05, 0) is 36.2 Å². The van der Waals surface area contributed by atoms with Gasteiger partial charge in [-0.1, -0.05) is 19.1 Å². The monoisotopic (exact) mass is 281 g/mol. The number of carbonyl (C=O) groups excluding carboxylic acids is 1. The first-order valence-corrected chi connectivity index (χ1v) is 7.31. The molecule has 0 fully saturated rings. The molecule has 21 heavy (non-hydrogen) atoms. The van der Waals surface area contributed by atoms with Gasteiger partial charge in [0.15, 0.2) is 0 Å². The number of benzene rings is 2. The summed E-state index contributed by atoms with van der Waals surface area (Å²) in [6.45, 7) is 3.15. The number of nitrogens with zero attached hydrogens (tertiary/aromatic N) is 1. The van der Waals surface area contributed by atoms with Crippen molar-refractivity contribution in [3.05, 3.63) is 42.0 Å². The normalized spacial score (nSPS) is 11.1. The summed E-state index contributed by atoms with van der Waals surface area (Å²) in [6, 6.07) is 12.4. The van der Waals surface area contributed by atoms with Gasteiger partial charge < -0.3 is 14.1 Å². The van der Waals surface area contributed by atoms with E-state index in [4.69, 9.17) is 4.74 Å². The number of fused-ring (bicyclic) bond motifs is 3. The van der Waals surface area contributed by atoms with Crippen LogP contribution in [0, 0.1) is 0 Å². The van der Waals surface area contributed by atoms with E-state index in [9.17, 15) is 4.79 Å². The minimum atomic E-state index is 0.450. The lowest BCUT2D eigenvalue weighted by molar-refractivity contribution is -0.107. The minimum absolute atomic E-state index is 0.450. The maximum absolute atomic E-state index is 10.8. The molecule has 0 radical (unpaired) electrons. The van der Waals surface area contributed by atoms with Crippen LogP contribution >= 0.6 is 0 Å². The van der Waals surface area contributed by atoms with E-state index in [1.807, 2.05) is 18.2 Å². The lowest BCUT2D eigenvalue weighted by Crippen LogP contribution is -1.96. The summed E-state index contributed by atoms with van der Waals surface area (Å²) in [6.07, 6.45) is 2.47. The van der Waals surface area contributed by atoms with Crippen molar-refractivity contribution in [3.63, 3.8) is 0 Å². The highest BCUT2D eigenvalue weighted by atomic mass is 16.5. The van der Waals surface area contributed by atoms with Crippen molar-refractivity contribution in [2.75, 3.05) is 7.11 Å². The van der Waals surface area contributed by atoms with E-state index in [0.29, 0.717) is 6.42 Å². The second kappa shape index (κ2) is 5.60. The fraction of sp³-hybridized carbons (Fsp3) is 0.278. The maximum Gasteiger partial charge on any atom is 0.128 e. The molecule has 0 saturated carbocycles. The number of ether oxygens (including phenoxy) is 1. The predicted molar refractivity (Wildman–Crippen MR) is 86.1 cm³/mol. The second-order valence-corrected chi connectivity index (χ2v) is 5.23. The molecule has 3 aromatic rings. The van der Waals surface area contributed by atoms with Crippen molar-refractivity contribution in [2.24, 2.45) is 0 Å². The van der Waals surface area contributed by atoms with Gasteiger partial charge in [0.1, 0.15) is 12.0 Å².